The van der Waals surface area contributed by atoms with Gasteiger partial charge in [0.2, 0.25) is 5.88 Å². The molecule has 3 rings (SSSR count). The van der Waals surface area contributed by atoms with Gasteiger partial charge in [0.05, 0.1) is 5.92 Å². The summed E-state index contributed by atoms with van der Waals surface area (Å²) in [6.07, 6.45) is 1.73. The van der Waals surface area contributed by atoms with Gasteiger partial charge in [-0.05, 0) is 18.6 Å². The third-order valence-corrected chi connectivity index (χ3v) is 4.55. The zero-order chi connectivity index (χ0) is 15.9. The first-order valence-corrected chi connectivity index (χ1v) is 7.58. The van der Waals surface area contributed by atoms with Crippen molar-refractivity contribution in [2.24, 2.45) is 5.73 Å². The molecule has 1 atom stereocenters. The van der Waals surface area contributed by atoms with E-state index < -0.39 is 5.92 Å². The number of Topliss-reactive ketones (excluding diaryl/α,β-unsaturated/α-hetero) is 1. The zero-order valence-electron chi connectivity index (χ0n) is 11.5. The average molecular weight is 335 g/mol. The normalized spacial score (nSPS) is 21.3. The standard InChI is InChI=1S/C16H12Cl2N2O2/c17-9-3-1-4-10(18)14(9)13-8(7-19)16(20)22-12-6-2-5-11(21)15(12)13/h1,3-4,13H,2,5-6,20H2/t13-/m1/s1. The Morgan fingerprint density at radius 3 is 2.59 bits per heavy atom. The number of nitrogens with two attached hydrogens (primary N) is 1. The van der Waals surface area contributed by atoms with E-state index in [1.807, 2.05) is 6.07 Å². The van der Waals surface area contributed by atoms with Gasteiger partial charge in [0.15, 0.2) is 5.78 Å². The Kier molecular flexibility index (Phi) is 3.86. The molecule has 1 aliphatic heterocycles. The maximum absolute atomic E-state index is 12.4. The Bertz CT molecular complexity index is 755. The number of carbonyl (C=O) groups excluding carboxylic acids is 1. The highest BCUT2D eigenvalue weighted by Crippen LogP contribution is 2.47. The minimum atomic E-state index is -0.664. The van der Waals surface area contributed by atoms with Crippen LogP contribution < -0.4 is 5.73 Å². The van der Waals surface area contributed by atoms with Crippen molar-refractivity contribution >= 4 is 29.0 Å². The molecule has 1 aliphatic carbocycles. The van der Waals surface area contributed by atoms with Crippen LogP contribution in [0.4, 0.5) is 0 Å². The van der Waals surface area contributed by atoms with Crippen molar-refractivity contribution < 1.29 is 9.53 Å². The lowest BCUT2D eigenvalue weighted by Gasteiger charge is -2.31. The summed E-state index contributed by atoms with van der Waals surface area (Å²) in [5.41, 5.74) is 7.02. The van der Waals surface area contributed by atoms with Gasteiger partial charge in [0.25, 0.3) is 0 Å². The van der Waals surface area contributed by atoms with Crippen molar-refractivity contribution in [1.82, 2.24) is 0 Å². The number of hydrogen-bond acceptors (Lipinski definition) is 4. The monoisotopic (exact) mass is 334 g/mol. The van der Waals surface area contributed by atoms with Gasteiger partial charge >= 0.3 is 0 Å². The summed E-state index contributed by atoms with van der Waals surface area (Å²) in [6, 6.07) is 7.10. The number of benzene rings is 1. The van der Waals surface area contributed by atoms with Crippen LogP contribution in [0.25, 0.3) is 0 Å². The van der Waals surface area contributed by atoms with Crippen molar-refractivity contribution in [3.05, 3.63) is 56.6 Å². The second-order valence-corrected chi connectivity index (χ2v) is 5.99. The highest BCUT2D eigenvalue weighted by Gasteiger charge is 2.39. The predicted octanol–water partition coefficient (Wildman–Crippen LogP) is 3.81. The third-order valence-electron chi connectivity index (χ3n) is 3.89. The molecule has 2 aliphatic rings. The Labute approximate surface area is 137 Å². The number of nitrogens with zero attached hydrogens (tertiary/aromatic N) is 1. The molecule has 0 bridgehead atoms. The highest BCUT2D eigenvalue weighted by atomic mass is 35.5. The van der Waals surface area contributed by atoms with Gasteiger partial charge in [0.1, 0.15) is 17.4 Å². The van der Waals surface area contributed by atoms with Gasteiger partial charge in [-0.3, -0.25) is 4.79 Å². The molecule has 0 unspecified atom stereocenters. The van der Waals surface area contributed by atoms with Gasteiger partial charge in [-0.25, -0.2) is 0 Å². The quantitative estimate of drug-likeness (QED) is 0.847. The first kappa shape index (κ1) is 15.0. The number of hydrogen-bond donors (Lipinski definition) is 1. The molecule has 1 aromatic carbocycles. The molecule has 4 nitrogen and oxygen atoms in total. The van der Waals surface area contributed by atoms with E-state index in [9.17, 15) is 10.1 Å². The lowest BCUT2D eigenvalue weighted by atomic mass is 9.77. The number of allylic oxidation sites excluding steroid dienone is 3. The van der Waals surface area contributed by atoms with Crippen molar-refractivity contribution in [2.75, 3.05) is 0 Å². The Hall–Kier alpha value is -1.96. The minimum Gasteiger partial charge on any atom is -0.444 e. The molecule has 1 aromatic rings. The van der Waals surface area contributed by atoms with Crippen molar-refractivity contribution in [3.63, 3.8) is 0 Å². The average Bonchev–Trinajstić information content (AvgIpc) is 2.46. The maximum Gasteiger partial charge on any atom is 0.205 e. The summed E-state index contributed by atoms with van der Waals surface area (Å²) in [7, 11) is 0. The van der Waals surface area contributed by atoms with Gasteiger partial charge in [0, 0.05) is 34.0 Å². The van der Waals surface area contributed by atoms with E-state index in [1.54, 1.807) is 18.2 Å². The van der Waals surface area contributed by atoms with Crippen molar-refractivity contribution in [2.45, 2.75) is 25.2 Å². The minimum absolute atomic E-state index is 0.0111. The molecule has 0 spiro atoms. The fraction of sp³-hybridized carbons (Fsp3) is 0.250. The number of nitriles is 1. The fourth-order valence-electron chi connectivity index (χ4n) is 2.93. The molecule has 0 amide bonds. The molecule has 0 radical (unpaired) electrons. The Morgan fingerprint density at radius 1 is 1.27 bits per heavy atom. The Morgan fingerprint density at radius 2 is 1.95 bits per heavy atom. The smallest absolute Gasteiger partial charge is 0.205 e. The first-order valence-electron chi connectivity index (χ1n) is 6.82. The topological polar surface area (TPSA) is 76.1 Å². The SMILES string of the molecule is N#CC1=C(N)OC2=C(C(=O)CCC2)[C@H]1c1c(Cl)cccc1Cl. The largest absolute Gasteiger partial charge is 0.444 e. The fourth-order valence-corrected chi connectivity index (χ4v) is 3.55. The van der Waals surface area contributed by atoms with Crippen LogP contribution in [0.2, 0.25) is 10.0 Å². The Balaban J connectivity index is 2.28. The summed E-state index contributed by atoms with van der Waals surface area (Å²) in [6.45, 7) is 0. The predicted molar refractivity (Wildman–Crippen MR) is 83.0 cm³/mol. The van der Waals surface area contributed by atoms with E-state index in [4.69, 9.17) is 33.7 Å². The van der Waals surface area contributed by atoms with Crippen LogP contribution >= 0.6 is 23.2 Å². The van der Waals surface area contributed by atoms with Crippen LogP contribution in [-0.2, 0) is 9.53 Å². The van der Waals surface area contributed by atoms with E-state index in [0.717, 1.165) is 0 Å². The van der Waals surface area contributed by atoms with Crippen molar-refractivity contribution in [3.8, 4) is 6.07 Å². The molecule has 0 saturated heterocycles. The molecule has 1 heterocycles. The zero-order valence-corrected chi connectivity index (χ0v) is 13.0. The molecular formula is C16H12Cl2N2O2. The van der Waals surface area contributed by atoms with E-state index >= 15 is 0 Å². The van der Waals surface area contributed by atoms with E-state index in [-0.39, 0.29) is 17.2 Å². The molecule has 112 valence electrons. The molecule has 0 aromatic heterocycles. The lowest BCUT2D eigenvalue weighted by Crippen LogP contribution is -2.27. The van der Waals surface area contributed by atoms with Crippen LogP contribution in [0.5, 0.6) is 0 Å². The molecule has 0 fully saturated rings. The number of halogens is 2. The van der Waals surface area contributed by atoms with Crippen LogP contribution in [0.15, 0.2) is 41.0 Å². The van der Waals surface area contributed by atoms with Crippen LogP contribution in [0.3, 0.4) is 0 Å². The molecule has 2 N–H and O–H groups in total. The van der Waals surface area contributed by atoms with Crippen LogP contribution in [0.1, 0.15) is 30.7 Å². The van der Waals surface area contributed by atoms with Gasteiger partial charge in [-0.15, -0.1) is 0 Å². The maximum atomic E-state index is 12.4. The lowest BCUT2D eigenvalue weighted by molar-refractivity contribution is -0.116. The molecule has 0 saturated carbocycles. The summed E-state index contributed by atoms with van der Waals surface area (Å²) >= 11 is 12.6. The summed E-state index contributed by atoms with van der Waals surface area (Å²) < 4.78 is 5.50. The molecule has 6 heteroatoms. The summed E-state index contributed by atoms with van der Waals surface area (Å²) in [4.78, 5) is 12.4. The third kappa shape index (κ3) is 2.27. The van der Waals surface area contributed by atoms with Gasteiger partial charge < -0.3 is 10.5 Å². The van der Waals surface area contributed by atoms with Gasteiger partial charge in [-0.2, -0.15) is 5.26 Å². The second kappa shape index (κ2) is 5.68. The number of ether oxygens (including phenoxy) is 1. The van der Waals surface area contributed by atoms with Crippen LogP contribution in [-0.4, -0.2) is 5.78 Å². The summed E-state index contributed by atoms with van der Waals surface area (Å²) in [5.74, 6) is -0.184. The first-order chi connectivity index (χ1) is 10.5. The van der Waals surface area contributed by atoms with E-state index in [2.05, 4.69) is 0 Å². The molecule has 22 heavy (non-hydrogen) atoms. The van der Waals surface area contributed by atoms with E-state index in [1.165, 1.54) is 0 Å². The van der Waals surface area contributed by atoms with E-state index in [0.29, 0.717) is 46.2 Å². The second-order valence-electron chi connectivity index (χ2n) is 5.17. The van der Waals surface area contributed by atoms with Crippen LogP contribution in [0, 0.1) is 11.3 Å². The number of ketones is 1. The van der Waals surface area contributed by atoms with Crippen molar-refractivity contribution in [1.29, 1.82) is 5.26 Å². The highest BCUT2D eigenvalue weighted by molar-refractivity contribution is 6.36. The number of rotatable bonds is 1. The number of carbonyl (C=O) groups is 1. The summed E-state index contributed by atoms with van der Waals surface area (Å²) in [5, 5.41) is 10.3. The molecular weight excluding hydrogens is 323 g/mol. The van der Waals surface area contributed by atoms with Gasteiger partial charge in [-0.1, -0.05) is 29.3 Å².